The van der Waals surface area contributed by atoms with Gasteiger partial charge in [-0.15, -0.1) is 0 Å². The Kier molecular flexibility index (Phi) is 3.22. The Bertz CT molecular complexity index is 273. The van der Waals surface area contributed by atoms with Crippen molar-refractivity contribution in [3.05, 3.63) is 0 Å². The van der Waals surface area contributed by atoms with E-state index >= 15 is 0 Å². The summed E-state index contributed by atoms with van der Waals surface area (Å²) in [5, 5.41) is 12.4. The van der Waals surface area contributed by atoms with E-state index in [2.05, 4.69) is 5.32 Å². The highest BCUT2D eigenvalue weighted by Gasteiger charge is 2.41. The number of nitrogens with one attached hydrogen (secondary N) is 1. The van der Waals surface area contributed by atoms with Gasteiger partial charge in [-0.3, -0.25) is 4.79 Å². The summed E-state index contributed by atoms with van der Waals surface area (Å²) in [7, 11) is 0. The molecule has 0 aromatic heterocycles. The van der Waals surface area contributed by atoms with Gasteiger partial charge in [0.25, 0.3) is 0 Å². The quantitative estimate of drug-likeness (QED) is 0.742. The van der Waals surface area contributed by atoms with E-state index in [1.807, 2.05) is 0 Å². The van der Waals surface area contributed by atoms with E-state index in [-0.39, 0.29) is 0 Å². The van der Waals surface area contributed by atoms with Crippen LogP contribution in [0.3, 0.4) is 0 Å². The molecule has 0 amide bonds. The van der Waals surface area contributed by atoms with Gasteiger partial charge in [-0.1, -0.05) is 0 Å². The van der Waals surface area contributed by atoms with Gasteiger partial charge in [0.2, 0.25) is 0 Å². The lowest BCUT2D eigenvalue weighted by Gasteiger charge is -2.25. The third-order valence-corrected chi connectivity index (χ3v) is 3.61. The third-order valence-electron chi connectivity index (χ3n) is 3.61. The molecule has 2 aliphatic rings. The molecule has 2 rings (SSSR count). The van der Waals surface area contributed by atoms with E-state index in [4.69, 9.17) is 9.84 Å². The Morgan fingerprint density at radius 1 is 1.44 bits per heavy atom. The Morgan fingerprint density at radius 2 is 2.12 bits per heavy atom. The van der Waals surface area contributed by atoms with Crippen LogP contribution in [0.15, 0.2) is 0 Å². The first-order valence-electron chi connectivity index (χ1n) is 6.09. The minimum absolute atomic E-state index is 0.324. The van der Waals surface area contributed by atoms with E-state index in [0.29, 0.717) is 24.6 Å². The molecule has 2 atom stereocenters. The Morgan fingerprint density at radius 3 is 2.69 bits per heavy atom. The Hall–Kier alpha value is -0.610. The van der Waals surface area contributed by atoms with Gasteiger partial charge in [-0.05, 0) is 39.0 Å². The van der Waals surface area contributed by atoms with Crippen molar-refractivity contribution in [1.82, 2.24) is 5.32 Å². The molecular weight excluding hydrogens is 206 g/mol. The first kappa shape index (κ1) is 11.9. The number of aliphatic carboxylic acids is 1. The monoisotopic (exact) mass is 227 g/mol. The van der Waals surface area contributed by atoms with Crippen LogP contribution in [0.2, 0.25) is 0 Å². The zero-order valence-electron chi connectivity index (χ0n) is 10.0. The molecule has 0 spiro atoms. The van der Waals surface area contributed by atoms with Crippen LogP contribution in [0.25, 0.3) is 0 Å². The van der Waals surface area contributed by atoms with Crippen molar-refractivity contribution in [3.63, 3.8) is 0 Å². The molecule has 2 N–H and O–H groups in total. The van der Waals surface area contributed by atoms with Gasteiger partial charge in [0.05, 0.1) is 11.5 Å². The topological polar surface area (TPSA) is 58.6 Å². The van der Waals surface area contributed by atoms with Crippen molar-refractivity contribution in [2.45, 2.75) is 45.3 Å². The second kappa shape index (κ2) is 4.34. The second-order valence-corrected chi connectivity index (χ2v) is 5.64. The molecule has 4 nitrogen and oxygen atoms in total. The van der Waals surface area contributed by atoms with Crippen molar-refractivity contribution in [2.24, 2.45) is 11.3 Å². The number of hydrogen-bond donors (Lipinski definition) is 2. The van der Waals surface area contributed by atoms with Crippen LogP contribution in [-0.4, -0.2) is 36.4 Å². The van der Waals surface area contributed by atoms with Gasteiger partial charge in [0.1, 0.15) is 0 Å². The van der Waals surface area contributed by atoms with E-state index in [1.165, 1.54) is 12.8 Å². The average Bonchev–Trinajstić information content (AvgIpc) is 2.95. The third kappa shape index (κ3) is 2.55. The van der Waals surface area contributed by atoms with Crippen LogP contribution in [0, 0.1) is 11.3 Å². The molecule has 1 heterocycles. The van der Waals surface area contributed by atoms with Crippen LogP contribution in [0.1, 0.15) is 33.1 Å². The van der Waals surface area contributed by atoms with Gasteiger partial charge in [-0.25, -0.2) is 0 Å². The van der Waals surface area contributed by atoms with E-state index < -0.39 is 11.4 Å². The van der Waals surface area contributed by atoms with Gasteiger partial charge in [-0.2, -0.15) is 0 Å². The second-order valence-electron chi connectivity index (χ2n) is 5.64. The number of carboxylic acid groups (broad SMARTS) is 1. The first-order valence-corrected chi connectivity index (χ1v) is 6.09. The molecule has 4 heteroatoms. The normalized spacial score (nSPS) is 30.6. The van der Waals surface area contributed by atoms with Crippen LogP contribution in [0.4, 0.5) is 0 Å². The summed E-state index contributed by atoms with van der Waals surface area (Å²) >= 11 is 0. The molecule has 2 unspecified atom stereocenters. The molecule has 2 fully saturated rings. The standard InChI is InChI=1S/C12H21NO3/c1-12(2,11(14)15)7-13-9-5-6-16-10(9)8-3-4-8/h8-10,13H,3-7H2,1-2H3,(H,14,15). The van der Waals surface area contributed by atoms with Crippen LogP contribution in [-0.2, 0) is 9.53 Å². The first-order chi connectivity index (χ1) is 7.50. The maximum atomic E-state index is 11.0. The van der Waals surface area contributed by atoms with E-state index in [1.54, 1.807) is 13.8 Å². The van der Waals surface area contributed by atoms with E-state index in [9.17, 15) is 4.79 Å². The molecule has 0 bridgehead atoms. The number of rotatable bonds is 5. The highest BCUT2D eigenvalue weighted by molar-refractivity contribution is 5.73. The van der Waals surface area contributed by atoms with Crippen molar-refractivity contribution in [1.29, 1.82) is 0 Å². The Labute approximate surface area is 96.4 Å². The van der Waals surface area contributed by atoms with Crippen molar-refractivity contribution >= 4 is 5.97 Å². The summed E-state index contributed by atoms with van der Waals surface area (Å²) in [4.78, 5) is 11.0. The molecular formula is C12H21NO3. The Balaban J connectivity index is 1.82. The molecule has 1 saturated heterocycles. The highest BCUT2D eigenvalue weighted by Crippen LogP contribution is 2.38. The molecule has 1 aliphatic carbocycles. The number of carbonyl (C=O) groups is 1. The predicted octanol–water partition coefficient (Wildman–Crippen LogP) is 1.25. The largest absolute Gasteiger partial charge is 0.481 e. The molecule has 0 aromatic carbocycles. The fraction of sp³-hybridized carbons (Fsp3) is 0.917. The predicted molar refractivity (Wildman–Crippen MR) is 60.3 cm³/mol. The zero-order chi connectivity index (χ0) is 11.8. The van der Waals surface area contributed by atoms with Crippen LogP contribution in [0.5, 0.6) is 0 Å². The molecule has 1 aliphatic heterocycles. The SMILES string of the molecule is CC(C)(CNC1CCOC1C1CC1)C(=O)O. The molecule has 16 heavy (non-hydrogen) atoms. The van der Waals surface area contributed by atoms with Gasteiger partial charge in [0, 0.05) is 19.2 Å². The number of ether oxygens (including phenoxy) is 1. The fourth-order valence-corrected chi connectivity index (χ4v) is 2.18. The summed E-state index contributed by atoms with van der Waals surface area (Å²) < 4.78 is 5.71. The fourth-order valence-electron chi connectivity index (χ4n) is 2.18. The molecule has 92 valence electrons. The molecule has 1 saturated carbocycles. The van der Waals surface area contributed by atoms with Crippen molar-refractivity contribution in [2.75, 3.05) is 13.2 Å². The highest BCUT2D eigenvalue weighted by atomic mass is 16.5. The number of carboxylic acids is 1. The van der Waals surface area contributed by atoms with Gasteiger partial charge < -0.3 is 15.2 Å². The molecule has 0 radical (unpaired) electrons. The summed E-state index contributed by atoms with van der Waals surface area (Å²) in [6.07, 6.45) is 3.87. The van der Waals surface area contributed by atoms with Gasteiger partial charge in [0.15, 0.2) is 0 Å². The van der Waals surface area contributed by atoms with Crippen molar-refractivity contribution in [3.8, 4) is 0 Å². The van der Waals surface area contributed by atoms with Crippen LogP contribution < -0.4 is 5.32 Å². The van der Waals surface area contributed by atoms with Crippen molar-refractivity contribution < 1.29 is 14.6 Å². The van der Waals surface area contributed by atoms with E-state index in [0.717, 1.165) is 13.0 Å². The number of hydrogen-bond acceptors (Lipinski definition) is 3. The zero-order valence-corrected chi connectivity index (χ0v) is 10.0. The summed E-state index contributed by atoms with van der Waals surface area (Å²) in [6.45, 7) is 4.83. The minimum Gasteiger partial charge on any atom is -0.481 e. The maximum Gasteiger partial charge on any atom is 0.310 e. The maximum absolute atomic E-state index is 11.0. The van der Waals surface area contributed by atoms with Gasteiger partial charge >= 0.3 is 5.97 Å². The summed E-state index contributed by atoms with van der Waals surface area (Å²) in [5.74, 6) is -0.0326. The summed E-state index contributed by atoms with van der Waals surface area (Å²) in [6, 6.07) is 0.353. The minimum atomic E-state index is -0.748. The average molecular weight is 227 g/mol. The smallest absolute Gasteiger partial charge is 0.310 e. The lowest BCUT2D eigenvalue weighted by atomic mass is 9.93. The summed E-state index contributed by atoms with van der Waals surface area (Å²) in [5.41, 5.74) is -0.698. The molecule has 0 aromatic rings. The lowest BCUT2D eigenvalue weighted by Crippen LogP contribution is -2.44. The lowest BCUT2D eigenvalue weighted by molar-refractivity contribution is -0.146. The van der Waals surface area contributed by atoms with Crippen LogP contribution >= 0.6 is 0 Å².